The van der Waals surface area contributed by atoms with Gasteiger partial charge >= 0.3 is 0 Å². The average Bonchev–Trinajstić information content (AvgIpc) is 2.71. The molecule has 0 spiro atoms. The van der Waals surface area contributed by atoms with Crippen LogP contribution in [0.15, 0.2) is 9.31 Å². The van der Waals surface area contributed by atoms with Gasteiger partial charge in [-0.15, -0.1) is 0 Å². The third kappa shape index (κ3) is 4.31. The maximum Gasteiger partial charge on any atom is 0.246 e. The van der Waals surface area contributed by atoms with Crippen LogP contribution in [0.3, 0.4) is 0 Å². The van der Waals surface area contributed by atoms with Crippen molar-refractivity contribution in [1.29, 1.82) is 0 Å². The maximum absolute atomic E-state index is 12.8. The Kier molecular flexibility index (Phi) is 6.90. The van der Waals surface area contributed by atoms with E-state index in [1.807, 2.05) is 13.8 Å². The molecule has 122 valence electrons. The number of rotatable bonds is 9. The molecule has 1 aromatic heterocycles. The number of furan rings is 1. The van der Waals surface area contributed by atoms with Crippen molar-refractivity contribution in [1.82, 2.24) is 9.62 Å². The number of aryl methyl sites for hydroxylation is 2. The van der Waals surface area contributed by atoms with E-state index in [1.165, 1.54) is 4.31 Å². The number of hydrogen-bond donors (Lipinski definition) is 1. The summed E-state index contributed by atoms with van der Waals surface area (Å²) in [5.74, 6) is 1.16. The van der Waals surface area contributed by atoms with Crippen molar-refractivity contribution in [3.05, 3.63) is 17.1 Å². The Bertz CT molecular complexity index is 550. The normalized spacial score (nSPS) is 12.3. The molecule has 0 atom stereocenters. The zero-order valence-electron chi connectivity index (χ0n) is 13.8. The Balaban J connectivity index is 3.10. The average molecular weight is 316 g/mol. The van der Waals surface area contributed by atoms with Crippen LogP contribution in [-0.2, 0) is 16.6 Å². The molecule has 0 radical (unpaired) electrons. The monoisotopic (exact) mass is 316 g/mol. The quantitative estimate of drug-likeness (QED) is 0.712. The zero-order chi connectivity index (χ0) is 16.0. The first-order valence-electron chi connectivity index (χ1n) is 7.62. The molecule has 6 heteroatoms. The van der Waals surface area contributed by atoms with Gasteiger partial charge < -0.3 is 9.73 Å². The Morgan fingerprint density at radius 1 is 1.14 bits per heavy atom. The van der Waals surface area contributed by atoms with Crippen molar-refractivity contribution < 1.29 is 12.8 Å². The summed E-state index contributed by atoms with van der Waals surface area (Å²) < 4.78 is 32.5. The molecule has 0 saturated heterocycles. The van der Waals surface area contributed by atoms with Gasteiger partial charge in [-0.1, -0.05) is 20.3 Å². The highest BCUT2D eigenvalue weighted by atomic mass is 32.2. The van der Waals surface area contributed by atoms with Gasteiger partial charge in [0.05, 0.1) is 0 Å². The second kappa shape index (κ2) is 7.96. The molecule has 0 aliphatic heterocycles. The lowest BCUT2D eigenvalue weighted by molar-refractivity contribution is 0.453. The number of unbranched alkanes of at least 4 members (excludes halogenated alkanes) is 1. The first-order chi connectivity index (χ1) is 9.86. The summed E-state index contributed by atoms with van der Waals surface area (Å²) >= 11 is 0. The lowest BCUT2D eigenvalue weighted by atomic mass is 10.2. The van der Waals surface area contributed by atoms with Crippen LogP contribution >= 0.6 is 0 Å². The molecule has 0 unspecified atom stereocenters. The van der Waals surface area contributed by atoms with Crippen molar-refractivity contribution in [2.75, 3.05) is 20.1 Å². The molecule has 0 aliphatic carbocycles. The van der Waals surface area contributed by atoms with Crippen LogP contribution in [0.2, 0.25) is 0 Å². The molecule has 0 fully saturated rings. The number of sulfonamides is 1. The van der Waals surface area contributed by atoms with E-state index >= 15 is 0 Å². The van der Waals surface area contributed by atoms with Crippen molar-refractivity contribution in [3.8, 4) is 0 Å². The van der Waals surface area contributed by atoms with Crippen LogP contribution in [0, 0.1) is 13.8 Å². The lowest BCUT2D eigenvalue weighted by Gasteiger charge is -2.17. The van der Waals surface area contributed by atoms with E-state index < -0.39 is 10.0 Å². The van der Waals surface area contributed by atoms with Gasteiger partial charge in [-0.25, -0.2) is 12.7 Å². The minimum Gasteiger partial charge on any atom is -0.465 e. The first-order valence-corrected chi connectivity index (χ1v) is 9.06. The van der Waals surface area contributed by atoms with Crippen LogP contribution in [0.25, 0.3) is 0 Å². The summed E-state index contributed by atoms with van der Waals surface area (Å²) in [5.41, 5.74) is 0.754. The summed E-state index contributed by atoms with van der Waals surface area (Å²) in [6.45, 7) is 9.58. The van der Waals surface area contributed by atoms with Gasteiger partial charge in [0, 0.05) is 25.7 Å². The zero-order valence-corrected chi connectivity index (χ0v) is 14.6. The highest BCUT2D eigenvalue weighted by molar-refractivity contribution is 7.89. The highest BCUT2D eigenvalue weighted by Gasteiger charge is 2.29. The predicted octanol–water partition coefficient (Wildman–Crippen LogP) is 2.82. The molecule has 1 rings (SSSR count). The molecule has 0 aliphatic rings. The van der Waals surface area contributed by atoms with E-state index in [2.05, 4.69) is 12.2 Å². The van der Waals surface area contributed by atoms with Gasteiger partial charge in [-0.2, -0.15) is 0 Å². The molecular formula is C15H28N2O3S. The first kappa shape index (κ1) is 18.2. The molecule has 0 amide bonds. The highest BCUT2D eigenvalue weighted by Crippen LogP contribution is 2.28. The van der Waals surface area contributed by atoms with Crippen LogP contribution < -0.4 is 5.32 Å². The van der Waals surface area contributed by atoms with Crippen LogP contribution in [-0.4, -0.2) is 32.9 Å². The standard InChI is InChI=1S/C15H28N2O3S/c1-6-8-10-17(5)21(18,19)15-13(4)20-12(3)14(15)11-16-9-7-2/h16H,6-11H2,1-5H3. The van der Waals surface area contributed by atoms with Crippen LogP contribution in [0.1, 0.15) is 50.2 Å². The fourth-order valence-electron chi connectivity index (χ4n) is 2.30. The van der Waals surface area contributed by atoms with Crippen molar-refractivity contribution in [2.45, 2.75) is 58.4 Å². The fourth-order valence-corrected chi connectivity index (χ4v) is 3.91. The Morgan fingerprint density at radius 2 is 1.81 bits per heavy atom. The number of hydrogen-bond acceptors (Lipinski definition) is 4. The maximum atomic E-state index is 12.8. The van der Waals surface area contributed by atoms with Crippen molar-refractivity contribution in [3.63, 3.8) is 0 Å². The van der Waals surface area contributed by atoms with E-state index in [0.717, 1.165) is 31.4 Å². The lowest BCUT2D eigenvalue weighted by Crippen LogP contribution is -2.29. The Morgan fingerprint density at radius 3 is 2.38 bits per heavy atom. The van der Waals surface area contributed by atoms with E-state index in [1.54, 1.807) is 14.0 Å². The Labute approximate surface area is 128 Å². The molecule has 21 heavy (non-hydrogen) atoms. The SMILES string of the molecule is CCCCN(C)S(=O)(=O)c1c(C)oc(C)c1CNCCC. The molecular weight excluding hydrogens is 288 g/mol. The van der Waals surface area contributed by atoms with Gasteiger partial charge in [0.2, 0.25) is 10.0 Å². The third-order valence-corrected chi connectivity index (χ3v) is 5.60. The molecule has 5 nitrogen and oxygen atoms in total. The molecule has 0 saturated carbocycles. The second-order valence-corrected chi connectivity index (χ2v) is 7.36. The second-order valence-electron chi connectivity index (χ2n) is 5.38. The molecule has 0 bridgehead atoms. The van der Waals surface area contributed by atoms with Gasteiger partial charge in [0.25, 0.3) is 0 Å². The smallest absolute Gasteiger partial charge is 0.246 e. The van der Waals surface area contributed by atoms with Crippen LogP contribution in [0.5, 0.6) is 0 Å². The van der Waals surface area contributed by atoms with E-state index in [9.17, 15) is 8.42 Å². The minimum atomic E-state index is -3.49. The number of nitrogens with one attached hydrogen (secondary N) is 1. The summed E-state index contributed by atoms with van der Waals surface area (Å²) in [4.78, 5) is 0.335. The molecule has 1 N–H and O–H groups in total. The molecule has 1 heterocycles. The predicted molar refractivity (Wildman–Crippen MR) is 84.9 cm³/mol. The van der Waals surface area contributed by atoms with Gasteiger partial charge in [-0.05, 0) is 33.2 Å². The summed E-state index contributed by atoms with van der Waals surface area (Å²) in [7, 11) is -1.85. The number of nitrogens with zero attached hydrogens (tertiary/aromatic N) is 1. The summed E-state index contributed by atoms with van der Waals surface area (Å²) in [5, 5.41) is 3.26. The van der Waals surface area contributed by atoms with Crippen molar-refractivity contribution in [2.24, 2.45) is 0 Å². The van der Waals surface area contributed by atoms with Gasteiger partial charge in [0.15, 0.2) is 0 Å². The third-order valence-electron chi connectivity index (χ3n) is 3.55. The van der Waals surface area contributed by atoms with Gasteiger partial charge in [0.1, 0.15) is 16.4 Å². The summed E-state index contributed by atoms with van der Waals surface area (Å²) in [6.07, 6.45) is 2.83. The van der Waals surface area contributed by atoms with E-state index in [-0.39, 0.29) is 0 Å². The molecule has 1 aromatic rings. The van der Waals surface area contributed by atoms with Crippen molar-refractivity contribution >= 4 is 10.0 Å². The molecule has 0 aromatic carbocycles. The van der Waals surface area contributed by atoms with Gasteiger partial charge in [-0.3, -0.25) is 0 Å². The summed E-state index contributed by atoms with van der Waals surface area (Å²) in [6, 6.07) is 0. The van der Waals surface area contributed by atoms with E-state index in [0.29, 0.717) is 29.5 Å². The minimum absolute atomic E-state index is 0.335. The largest absolute Gasteiger partial charge is 0.465 e. The topological polar surface area (TPSA) is 62.6 Å². The Hall–Kier alpha value is -0.850. The fraction of sp³-hybridized carbons (Fsp3) is 0.733. The van der Waals surface area contributed by atoms with Crippen LogP contribution in [0.4, 0.5) is 0 Å². The van der Waals surface area contributed by atoms with E-state index in [4.69, 9.17) is 4.42 Å².